The standard InChI is InChI=1S/C7H10N2O2S/c10-6-5-8-12-7(6)9-1-3-11-4-2-9/h5,10H,1-4H2. The van der Waals surface area contributed by atoms with Crippen LogP contribution in [0.3, 0.4) is 0 Å². The molecule has 0 unspecified atom stereocenters. The van der Waals surface area contributed by atoms with Gasteiger partial charge in [0, 0.05) is 13.1 Å². The van der Waals surface area contributed by atoms with Crippen molar-refractivity contribution in [3.05, 3.63) is 6.20 Å². The SMILES string of the molecule is Oc1cnsc1N1CCOCC1. The molecule has 0 amide bonds. The Hall–Kier alpha value is -0.810. The Morgan fingerprint density at radius 2 is 2.25 bits per heavy atom. The summed E-state index contributed by atoms with van der Waals surface area (Å²) in [6.45, 7) is 3.15. The Morgan fingerprint density at radius 1 is 1.50 bits per heavy atom. The Labute approximate surface area is 74.6 Å². The van der Waals surface area contributed by atoms with Gasteiger partial charge in [0.2, 0.25) is 0 Å². The number of rotatable bonds is 1. The minimum Gasteiger partial charge on any atom is -0.504 e. The molecule has 5 heteroatoms. The molecule has 1 aromatic heterocycles. The van der Waals surface area contributed by atoms with E-state index < -0.39 is 0 Å². The van der Waals surface area contributed by atoms with Gasteiger partial charge in [-0.05, 0) is 11.5 Å². The molecule has 1 aliphatic heterocycles. The molecule has 0 aromatic carbocycles. The monoisotopic (exact) mass is 186 g/mol. The second-order valence-electron chi connectivity index (χ2n) is 2.62. The summed E-state index contributed by atoms with van der Waals surface area (Å²) in [7, 11) is 0. The lowest BCUT2D eigenvalue weighted by Gasteiger charge is -2.26. The number of aromatic hydroxyl groups is 1. The molecule has 1 fully saturated rings. The minimum absolute atomic E-state index is 0.280. The Kier molecular flexibility index (Phi) is 2.14. The number of hydrogen-bond donors (Lipinski definition) is 1. The van der Waals surface area contributed by atoms with Crippen molar-refractivity contribution in [2.24, 2.45) is 0 Å². The molecule has 1 aliphatic rings. The van der Waals surface area contributed by atoms with Gasteiger partial charge in [-0.3, -0.25) is 0 Å². The summed E-state index contributed by atoms with van der Waals surface area (Å²) in [6, 6.07) is 0. The number of ether oxygens (including phenoxy) is 1. The van der Waals surface area contributed by atoms with Gasteiger partial charge in [0.15, 0.2) is 10.8 Å². The Morgan fingerprint density at radius 3 is 2.83 bits per heavy atom. The summed E-state index contributed by atoms with van der Waals surface area (Å²) in [5.74, 6) is 0.280. The number of anilines is 1. The van der Waals surface area contributed by atoms with Crippen LogP contribution in [0.1, 0.15) is 0 Å². The maximum absolute atomic E-state index is 9.37. The fraction of sp³-hybridized carbons (Fsp3) is 0.571. The first-order chi connectivity index (χ1) is 5.88. The molecule has 0 saturated carbocycles. The molecule has 0 spiro atoms. The molecule has 1 saturated heterocycles. The number of morpholine rings is 1. The van der Waals surface area contributed by atoms with Gasteiger partial charge >= 0.3 is 0 Å². The molecule has 2 rings (SSSR count). The predicted octanol–water partition coefficient (Wildman–Crippen LogP) is 0.685. The summed E-state index contributed by atoms with van der Waals surface area (Å²) in [5.41, 5.74) is 0. The lowest BCUT2D eigenvalue weighted by molar-refractivity contribution is 0.123. The largest absolute Gasteiger partial charge is 0.504 e. The third-order valence-electron chi connectivity index (χ3n) is 1.83. The van der Waals surface area contributed by atoms with Crippen LogP contribution in [0.5, 0.6) is 5.75 Å². The van der Waals surface area contributed by atoms with Crippen LogP contribution in [0.25, 0.3) is 0 Å². The van der Waals surface area contributed by atoms with E-state index in [0.29, 0.717) is 0 Å². The molecule has 0 radical (unpaired) electrons. The van der Waals surface area contributed by atoms with Crippen LogP contribution < -0.4 is 4.90 Å². The maximum atomic E-state index is 9.37. The summed E-state index contributed by atoms with van der Waals surface area (Å²) in [5, 5.41) is 10.2. The fourth-order valence-electron chi connectivity index (χ4n) is 1.21. The highest BCUT2D eigenvalue weighted by atomic mass is 32.1. The first-order valence-electron chi connectivity index (χ1n) is 3.84. The first-order valence-corrected chi connectivity index (χ1v) is 4.61. The Bertz CT molecular complexity index is 258. The summed E-state index contributed by atoms with van der Waals surface area (Å²) in [6.07, 6.45) is 1.48. The van der Waals surface area contributed by atoms with Gasteiger partial charge < -0.3 is 14.7 Å². The minimum atomic E-state index is 0.280. The van der Waals surface area contributed by atoms with Crippen LogP contribution in [-0.2, 0) is 4.74 Å². The average molecular weight is 186 g/mol. The van der Waals surface area contributed by atoms with Crippen LogP contribution >= 0.6 is 11.5 Å². The molecule has 1 N–H and O–H groups in total. The first kappa shape index (κ1) is 7.82. The van der Waals surface area contributed by atoms with E-state index in [4.69, 9.17) is 4.74 Å². The van der Waals surface area contributed by atoms with Crippen LogP contribution in [0.2, 0.25) is 0 Å². The van der Waals surface area contributed by atoms with Crippen molar-refractivity contribution in [3.8, 4) is 5.75 Å². The van der Waals surface area contributed by atoms with Crippen molar-refractivity contribution in [1.29, 1.82) is 0 Å². The normalized spacial score (nSPS) is 18.2. The van der Waals surface area contributed by atoms with Crippen LogP contribution in [0.15, 0.2) is 6.20 Å². The van der Waals surface area contributed by atoms with Crippen molar-refractivity contribution in [1.82, 2.24) is 4.37 Å². The molecular formula is C7H10N2O2S. The van der Waals surface area contributed by atoms with E-state index in [9.17, 15) is 5.11 Å². The Balaban J connectivity index is 2.13. The second kappa shape index (κ2) is 3.28. The van der Waals surface area contributed by atoms with E-state index in [2.05, 4.69) is 9.27 Å². The second-order valence-corrected chi connectivity index (χ2v) is 3.40. The highest BCUT2D eigenvalue weighted by Crippen LogP contribution is 2.31. The van der Waals surface area contributed by atoms with E-state index in [0.717, 1.165) is 31.3 Å². The average Bonchev–Trinajstić information content (AvgIpc) is 2.53. The quantitative estimate of drug-likeness (QED) is 0.700. The van der Waals surface area contributed by atoms with Gasteiger partial charge in [-0.15, -0.1) is 0 Å². The maximum Gasteiger partial charge on any atom is 0.170 e. The highest BCUT2D eigenvalue weighted by Gasteiger charge is 2.15. The molecule has 0 bridgehead atoms. The van der Waals surface area contributed by atoms with Gasteiger partial charge in [-0.2, -0.15) is 4.37 Å². The van der Waals surface area contributed by atoms with Crippen LogP contribution in [0.4, 0.5) is 5.00 Å². The number of aromatic nitrogens is 1. The molecule has 1 aromatic rings. The van der Waals surface area contributed by atoms with Crippen molar-refractivity contribution >= 4 is 16.5 Å². The van der Waals surface area contributed by atoms with Gasteiger partial charge in [0.25, 0.3) is 0 Å². The summed E-state index contributed by atoms with van der Waals surface area (Å²) < 4.78 is 9.10. The zero-order chi connectivity index (χ0) is 8.39. The lowest BCUT2D eigenvalue weighted by Crippen LogP contribution is -2.35. The lowest BCUT2D eigenvalue weighted by atomic mass is 10.4. The summed E-state index contributed by atoms with van der Waals surface area (Å²) in [4.78, 5) is 2.09. The van der Waals surface area contributed by atoms with E-state index in [1.165, 1.54) is 17.7 Å². The number of hydrogen-bond acceptors (Lipinski definition) is 5. The third-order valence-corrected chi connectivity index (χ3v) is 2.68. The molecule has 0 atom stereocenters. The van der Waals surface area contributed by atoms with Crippen molar-refractivity contribution < 1.29 is 9.84 Å². The van der Waals surface area contributed by atoms with Crippen molar-refractivity contribution in [2.75, 3.05) is 31.2 Å². The van der Waals surface area contributed by atoms with Crippen LogP contribution in [0, 0.1) is 0 Å². The van der Waals surface area contributed by atoms with Crippen molar-refractivity contribution in [3.63, 3.8) is 0 Å². The van der Waals surface area contributed by atoms with Crippen molar-refractivity contribution in [2.45, 2.75) is 0 Å². The fourth-order valence-corrected chi connectivity index (χ4v) is 1.91. The van der Waals surface area contributed by atoms with Crippen LogP contribution in [-0.4, -0.2) is 35.8 Å². The molecule has 12 heavy (non-hydrogen) atoms. The topological polar surface area (TPSA) is 45.6 Å². The van der Waals surface area contributed by atoms with Gasteiger partial charge in [-0.1, -0.05) is 0 Å². The summed E-state index contributed by atoms with van der Waals surface area (Å²) >= 11 is 1.33. The zero-order valence-electron chi connectivity index (χ0n) is 6.56. The van der Waals surface area contributed by atoms with E-state index in [-0.39, 0.29) is 5.75 Å². The third kappa shape index (κ3) is 1.37. The molecule has 0 aliphatic carbocycles. The van der Waals surface area contributed by atoms with Gasteiger partial charge in [0.05, 0.1) is 19.4 Å². The van der Waals surface area contributed by atoms with Gasteiger partial charge in [-0.25, -0.2) is 0 Å². The number of nitrogens with zero attached hydrogens (tertiary/aromatic N) is 2. The molecular weight excluding hydrogens is 176 g/mol. The predicted molar refractivity (Wildman–Crippen MR) is 46.8 cm³/mol. The zero-order valence-corrected chi connectivity index (χ0v) is 7.38. The highest BCUT2D eigenvalue weighted by molar-refractivity contribution is 7.10. The molecule has 2 heterocycles. The van der Waals surface area contributed by atoms with E-state index in [1.54, 1.807) is 0 Å². The smallest absolute Gasteiger partial charge is 0.170 e. The van der Waals surface area contributed by atoms with E-state index >= 15 is 0 Å². The molecule has 4 nitrogen and oxygen atoms in total. The molecule has 66 valence electrons. The van der Waals surface area contributed by atoms with E-state index in [1.807, 2.05) is 0 Å². The van der Waals surface area contributed by atoms with Gasteiger partial charge in [0.1, 0.15) is 0 Å².